The van der Waals surface area contributed by atoms with Gasteiger partial charge >= 0.3 is 0 Å². The van der Waals surface area contributed by atoms with Crippen molar-refractivity contribution < 1.29 is 4.74 Å². The molecule has 0 spiro atoms. The first kappa shape index (κ1) is 14.9. The molecule has 2 N–H and O–H groups in total. The van der Waals surface area contributed by atoms with E-state index in [9.17, 15) is 0 Å². The third-order valence-corrected chi connectivity index (χ3v) is 4.22. The lowest BCUT2D eigenvalue weighted by molar-refractivity contribution is 0.181. The highest BCUT2D eigenvalue weighted by atomic mass is 32.1. The number of hydrogen-bond acceptors (Lipinski definition) is 6. The largest absolute Gasteiger partial charge is 0.378 e. The number of likely N-dealkylation sites (N-methyl/N-ethyl adjacent to an activating group) is 1. The summed E-state index contributed by atoms with van der Waals surface area (Å²) in [6.07, 6.45) is 2.72. The van der Waals surface area contributed by atoms with Gasteiger partial charge < -0.3 is 15.4 Å². The molecule has 20 heavy (non-hydrogen) atoms. The van der Waals surface area contributed by atoms with E-state index in [2.05, 4.69) is 14.9 Å². The van der Waals surface area contributed by atoms with Gasteiger partial charge in [0.15, 0.2) is 5.13 Å². The minimum atomic E-state index is 0.504. The summed E-state index contributed by atoms with van der Waals surface area (Å²) in [5.74, 6) is 0. The van der Waals surface area contributed by atoms with Gasteiger partial charge in [0.1, 0.15) is 0 Å². The highest BCUT2D eigenvalue weighted by Gasteiger charge is 2.13. The maximum Gasteiger partial charge on any atom is 0.185 e. The standard InChI is InChI=1S/C14H20N4OS/c1-18(8-6-11-5-3-4-7-16-11)14-17-12(10-19-2)13(9-15)20-14/h3-5,7H,6,8-10,15H2,1-2H3. The topological polar surface area (TPSA) is 64.3 Å². The number of nitrogens with zero attached hydrogens (tertiary/aromatic N) is 3. The Morgan fingerprint density at radius 2 is 2.25 bits per heavy atom. The van der Waals surface area contributed by atoms with E-state index >= 15 is 0 Å². The first-order chi connectivity index (χ1) is 9.74. The minimum Gasteiger partial charge on any atom is -0.378 e. The molecule has 2 aromatic heterocycles. The number of hydrogen-bond donors (Lipinski definition) is 1. The van der Waals surface area contributed by atoms with Crippen LogP contribution in [0.4, 0.5) is 5.13 Å². The van der Waals surface area contributed by atoms with Crippen LogP contribution < -0.4 is 10.6 Å². The SMILES string of the molecule is COCc1nc(N(C)CCc2ccccn2)sc1CN. The number of pyridine rings is 1. The molecule has 0 amide bonds. The Hall–Kier alpha value is -1.50. The average molecular weight is 292 g/mol. The number of thiazole rings is 1. The molecule has 0 fully saturated rings. The molecular weight excluding hydrogens is 272 g/mol. The van der Waals surface area contributed by atoms with Crippen LogP contribution >= 0.6 is 11.3 Å². The molecular formula is C14H20N4OS. The third kappa shape index (κ3) is 3.75. The molecule has 0 aromatic carbocycles. The van der Waals surface area contributed by atoms with E-state index in [0.29, 0.717) is 13.2 Å². The zero-order chi connectivity index (χ0) is 14.4. The summed E-state index contributed by atoms with van der Waals surface area (Å²) >= 11 is 1.63. The van der Waals surface area contributed by atoms with Gasteiger partial charge in [-0.1, -0.05) is 6.07 Å². The van der Waals surface area contributed by atoms with E-state index < -0.39 is 0 Å². The van der Waals surface area contributed by atoms with Crippen molar-refractivity contribution in [1.29, 1.82) is 0 Å². The fourth-order valence-electron chi connectivity index (χ4n) is 1.87. The number of nitrogens with two attached hydrogens (primary N) is 1. The lowest BCUT2D eigenvalue weighted by Gasteiger charge is -2.15. The molecule has 2 heterocycles. The van der Waals surface area contributed by atoms with Gasteiger partial charge in [-0.15, -0.1) is 11.3 Å². The summed E-state index contributed by atoms with van der Waals surface area (Å²) < 4.78 is 5.15. The number of anilines is 1. The molecule has 0 saturated heterocycles. The fourth-order valence-corrected chi connectivity index (χ4v) is 2.79. The van der Waals surface area contributed by atoms with Crippen LogP contribution in [0.25, 0.3) is 0 Å². The molecule has 108 valence electrons. The van der Waals surface area contributed by atoms with E-state index in [4.69, 9.17) is 10.5 Å². The summed E-state index contributed by atoms with van der Waals surface area (Å²) in [6.45, 7) is 1.89. The van der Waals surface area contributed by atoms with E-state index in [1.165, 1.54) is 0 Å². The predicted molar refractivity (Wildman–Crippen MR) is 81.9 cm³/mol. The van der Waals surface area contributed by atoms with Crippen LogP contribution in [0.5, 0.6) is 0 Å². The lowest BCUT2D eigenvalue weighted by atomic mass is 10.2. The molecule has 0 unspecified atom stereocenters. The molecule has 5 nitrogen and oxygen atoms in total. The first-order valence-electron chi connectivity index (χ1n) is 6.53. The second kappa shape index (κ2) is 7.33. The van der Waals surface area contributed by atoms with Gasteiger partial charge in [0, 0.05) is 50.4 Å². The Kier molecular flexibility index (Phi) is 5.46. The normalized spacial score (nSPS) is 10.8. The zero-order valence-electron chi connectivity index (χ0n) is 11.9. The highest BCUT2D eigenvalue weighted by Crippen LogP contribution is 2.25. The fraction of sp³-hybridized carbons (Fsp3) is 0.429. The quantitative estimate of drug-likeness (QED) is 0.843. The second-order valence-corrected chi connectivity index (χ2v) is 5.56. The van der Waals surface area contributed by atoms with Gasteiger partial charge in [-0.3, -0.25) is 4.98 Å². The lowest BCUT2D eigenvalue weighted by Crippen LogP contribution is -2.20. The Bertz CT molecular complexity index is 529. The molecule has 0 radical (unpaired) electrons. The van der Waals surface area contributed by atoms with Crippen molar-refractivity contribution in [3.05, 3.63) is 40.7 Å². The average Bonchev–Trinajstić information content (AvgIpc) is 2.89. The monoisotopic (exact) mass is 292 g/mol. The van der Waals surface area contributed by atoms with Crippen LogP contribution in [-0.2, 0) is 24.3 Å². The van der Waals surface area contributed by atoms with Crippen LogP contribution in [0.2, 0.25) is 0 Å². The van der Waals surface area contributed by atoms with Crippen LogP contribution in [0.3, 0.4) is 0 Å². The van der Waals surface area contributed by atoms with Gasteiger partial charge in [-0.05, 0) is 12.1 Å². The van der Waals surface area contributed by atoms with Crippen LogP contribution in [-0.4, -0.2) is 30.7 Å². The number of aromatic nitrogens is 2. The molecule has 6 heteroatoms. The number of ether oxygens (including phenoxy) is 1. The molecule has 2 aromatic rings. The zero-order valence-corrected chi connectivity index (χ0v) is 12.7. The number of rotatable bonds is 7. The van der Waals surface area contributed by atoms with Crippen LogP contribution in [0, 0.1) is 0 Å². The van der Waals surface area contributed by atoms with Crippen molar-refractivity contribution in [2.75, 3.05) is 25.6 Å². The Balaban J connectivity index is 2.00. The predicted octanol–water partition coefficient (Wildman–Crippen LogP) is 1.82. The minimum absolute atomic E-state index is 0.504. The van der Waals surface area contributed by atoms with Crippen LogP contribution in [0.15, 0.2) is 24.4 Å². The number of methoxy groups -OCH3 is 1. The van der Waals surface area contributed by atoms with Crippen molar-refractivity contribution in [3.63, 3.8) is 0 Å². The summed E-state index contributed by atoms with van der Waals surface area (Å²) in [7, 11) is 3.71. The Labute approximate surface area is 123 Å². The third-order valence-electron chi connectivity index (χ3n) is 2.99. The maximum atomic E-state index is 5.75. The molecule has 0 bridgehead atoms. The van der Waals surface area contributed by atoms with E-state index in [0.717, 1.165) is 34.4 Å². The first-order valence-corrected chi connectivity index (χ1v) is 7.35. The summed E-state index contributed by atoms with van der Waals surface area (Å²) in [5.41, 5.74) is 7.78. The van der Waals surface area contributed by atoms with Gasteiger partial charge in [-0.25, -0.2) is 4.98 Å². The molecule has 0 aliphatic rings. The van der Waals surface area contributed by atoms with Crippen molar-refractivity contribution in [1.82, 2.24) is 9.97 Å². The molecule has 2 rings (SSSR count). The van der Waals surface area contributed by atoms with Crippen LogP contribution in [0.1, 0.15) is 16.3 Å². The maximum absolute atomic E-state index is 5.75. The van der Waals surface area contributed by atoms with Crippen molar-refractivity contribution in [2.45, 2.75) is 19.6 Å². The second-order valence-electron chi connectivity index (χ2n) is 4.50. The van der Waals surface area contributed by atoms with Crippen molar-refractivity contribution >= 4 is 16.5 Å². The van der Waals surface area contributed by atoms with Gasteiger partial charge in [0.2, 0.25) is 0 Å². The Morgan fingerprint density at radius 1 is 1.40 bits per heavy atom. The smallest absolute Gasteiger partial charge is 0.185 e. The molecule has 0 aliphatic carbocycles. The summed E-state index contributed by atoms with van der Waals surface area (Å²) in [4.78, 5) is 12.2. The van der Waals surface area contributed by atoms with E-state index in [1.54, 1.807) is 18.4 Å². The molecule has 0 saturated carbocycles. The highest BCUT2D eigenvalue weighted by molar-refractivity contribution is 7.15. The Morgan fingerprint density at radius 3 is 2.90 bits per heavy atom. The van der Waals surface area contributed by atoms with Gasteiger partial charge in [0.05, 0.1) is 12.3 Å². The molecule has 0 atom stereocenters. The van der Waals surface area contributed by atoms with E-state index in [-0.39, 0.29) is 0 Å². The summed E-state index contributed by atoms with van der Waals surface area (Å²) in [6, 6.07) is 5.98. The molecule has 0 aliphatic heterocycles. The van der Waals surface area contributed by atoms with Crippen molar-refractivity contribution in [3.8, 4) is 0 Å². The van der Waals surface area contributed by atoms with Gasteiger partial charge in [-0.2, -0.15) is 0 Å². The van der Waals surface area contributed by atoms with E-state index in [1.807, 2.05) is 31.4 Å². The van der Waals surface area contributed by atoms with Crippen molar-refractivity contribution in [2.24, 2.45) is 5.73 Å². The van der Waals surface area contributed by atoms with Gasteiger partial charge in [0.25, 0.3) is 0 Å². The summed E-state index contributed by atoms with van der Waals surface area (Å²) in [5, 5.41) is 0.980.